The van der Waals surface area contributed by atoms with Gasteiger partial charge in [-0.05, 0) is 19.1 Å². The van der Waals surface area contributed by atoms with Crippen molar-refractivity contribution in [3.8, 4) is 0 Å². The molecule has 0 aromatic rings. The zero-order valence-corrected chi connectivity index (χ0v) is 10.4. The SMILES string of the molecule is C=C(Cl)CNCC(CC)(CC)SC. The maximum absolute atomic E-state index is 5.67. The van der Waals surface area contributed by atoms with Gasteiger partial charge in [-0.3, -0.25) is 0 Å². The molecule has 0 aromatic heterocycles. The summed E-state index contributed by atoms with van der Waals surface area (Å²) in [6, 6.07) is 0. The van der Waals surface area contributed by atoms with Gasteiger partial charge in [0.05, 0.1) is 0 Å². The van der Waals surface area contributed by atoms with Gasteiger partial charge in [-0.1, -0.05) is 32.0 Å². The molecule has 0 atom stereocenters. The van der Waals surface area contributed by atoms with E-state index in [-0.39, 0.29) is 0 Å². The molecule has 0 rings (SSSR count). The molecule has 78 valence electrons. The van der Waals surface area contributed by atoms with Crippen LogP contribution in [0.25, 0.3) is 0 Å². The Morgan fingerprint density at radius 2 is 2.00 bits per heavy atom. The van der Waals surface area contributed by atoms with Crippen molar-refractivity contribution in [3.05, 3.63) is 11.6 Å². The Labute approximate surface area is 91.3 Å². The summed E-state index contributed by atoms with van der Waals surface area (Å²) in [6.07, 6.45) is 4.54. The van der Waals surface area contributed by atoms with E-state index in [0.29, 0.717) is 16.3 Å². The van der Waals surface area contributed by atoms with E-state index in [9.17, 15) is 0 Å². The predicted octanol–water partition coefficient (Wildman–Crippen LogP) is 3.25. The predicted molar refractivity (Wildman–Crippen MR) is 64.7 cm³/mol. The van der Waals surface area contributed by atoms with Crippen molar-refractivity contribution in [3.63, 3.8) is 0 Å². The van der Waals surface area contributed by atoms with Crippen LogP contribution < -0.4 is 5.32 Å². The minimum atomic E-state index is 0.367. The van der Waals surface area contributed by atoms with Gasteiger partial charge in [-0.2, -0.15) is 11.8 Å². The molecule has 0 aliphatic carbocycles. The first kappa shape index (κ1) is 13.3. The third-order valence-electron chi connectivity index (χ3n) is 2.49. The van der Waals surface area contributed by atoms with E-state index < -0.39 is 0 Å². The molecule has 0 aliphatic heterocycles. The van der Waals surface area contributed by atoms with Crippen molar-refractivity contribution in [1.82, 2.24) is 5.32 Å². The third-order valence-corrected chi connectivity index (χ3v) is 4.21. The maximum atomic E-state index is 5.67. The van der Waals surface area contributed by atoms with Gasteiger partial charge >= 0.3 is 0 Å². The Bertz CT molecular complexity index is 147. The van der Waals surface area contributed by atoms with Crippen molar-refractivity contribution in [1.29, 1.82) is 0 Å². The van der Waals surface area contributed by atoms with Crippen LogP contribution in [0.2, 0.25) is 0 Å². The van der Waals surface area contributed by atoms with E-state index in [1.54, 1.807) is 0 Å². The molecule has 13 heavy (non-hydrogen) atoms. The second-order valence-electron chi connectivity index (χ2n) is 3.22. The number of nitrogens with one attached hydrogen (secondary N) is 1. The van der Waals surface area contributed by atoms with Gasteiger partial charge < -0.3 is 5.32 Å². The molecule has 0 radical (unpaired) electrons. The first-order valence-electron chi connectivity index (χ1n) is 4.69. The first-order chi connectivity index (χ1) is 6.10. The van der Waals surface area contributed by atoms with Crippen molar-refractivity contribution in [2.45, 2.75) is 31.4 Å². The lowest BCUT2D eigenvalue weighted by atomic mass is 10.0. The average Bonchev–Trinajstić information content (AvgIpc) is 2.13. The molecule has 0 aliphatic rings. The summed E-state index contributed by atoms with van der Waals surface area (Å²) in [7, 11) is 0. The van der Waals surface area contributed by atoms with Crippen LogP contribution >= 0.6 is 23.4 Å². The smallest absolute Gasteiger partial charge is 0.0308 e. The maximum Gasteiger partial charge on any atom is 0.0308 e. The van der Waals surface area contributed by atoms with Gasteiger partial charge in [0.25, 0.3) is 0 Å². The van der Waals surface area contributed by atoms with Crippen LogP contribution in [0.3, 0.4) is 0 Å². The van der Waals surface area contributed by atoms with Crippen molar-refractivity contribution in [2.75, 3.05) is 19.3 Å². The van der Waals surface area contributed by atoms with E-state index in [1.807, 2.05) is 11.8 Å². The fourth-order valence-electron chi connectivity index (χ4n) is 1.29. The fraction of sp³-hybridized carbons (Fsp3) is 0.800. The van der Waals surface area contributed by atoms with Crippen LogP contribution in [0, 0.1) is 0 Å². The van der Waals surface area contributed by atoms with E-state index in [4.69, 9.17) is 11.6 Å². The van der Waals surface area contributed by atoms with Gasteiger partial charge in [0.1, 0.15) is 0 Å². The Morgan fingerprint density at radius 1 is 1.46 bits per heavy atom. The van der Waals surface area contributed by atoms with E-state index in [1.165, 1.54) is 12.8 Å². The van der Waals surface area contributed by atoms with Gasteiger partial charge in [-0.25, -0.2) is 0 Å². The van der Waals surface area contributed by atoms with Crippen LogP contribution in [-0.4, -0.2) is 24.1 Å². The Balaban J connectivity index is 3.88. The molecule has 0 fully saturated rings. The molecule has 0 saturated heterocycles. The summed E-state index contributed by atoms with van der Waals surface area (Å²) >= 11 is 7.61. The summed E-state index contributed by atoms with van der Waals surface area (Å²) in [6.45, 7) is 9.83. The van der Waals surface area contributed by atoms with E-state index >= 15 is 0 Å². The van der Waals surface area contributed by atoms with Crippen LogP contribution in [-0.2, 0) is 0 Å². The molecule has 1 nitrogen and oxygen atoms in total. The minimum absolute atomic E-state index is 0.367. The van der Waals surface area contributed by atoms with Crippen molar-refractivity contribution >= 4 is 23.4 Å². The molecule has 0 unspecified atom stereocenters. The molecule has 0 spiro atoms. The normalized spacial score (nSPS) is 11.7. The van der Waals surface area contributed by atoms with Gasteiger partial charge in [0, 0.05) is 22.9 Å². The molecule has 3 heteroatoms. The summed E-state index contributed by atoms with van der Waals surface area (Å²) < 4.78 is 0.367. The molecular formula is C10H20ClNS. The highest BCUT2D eigenvalue weighted by molar-refractivity contribution is 8.00. The average molecular weight is 222 g/mol. The highest BCUT2D eigenvalue weighted by Crippen LogP contribution is 2.29. The van der Waals surface area contributed by atoms with Crippen molar-refractivity contribution in [2.24, 2.45) is 0 Å². The molecule has 0 saturated carbocycles. The summed E-state index contributed by atoms with van der Waals surface area (Å²) in [5.41, 5.74) is 0. The fourth-order valence-corrected chi connectivity index (χ4v) is 2.21. The summed E-state index contributed by atoms with van der Waals surface area (Å²) in [5, 5.41) is 4.01. The Kier molecular flexibility index (Phi) is 6.92. The van der Waals surface area contributed by atoms with E-state index in [2.05, 4.69) is 32.0 Å². The zero-order valence-electron chi connectivity index (χ0n) is 8.82. The standard InChI is InChI=1S/C10H20ClNS/c1-5-10(6-2,13-4)8-12-7-9(3)11/h12H,3,5-8H2,1-2,4H3. The number of thioether (sulfide) groups is 1. The van der Waals surface area contributed by atoms with Gasteiger partial charge in [-0.15, -0.1) is 0 Å². The highest BCUT2D eigenvalue weighted by Gasteiger charge is 2.23. The van der Waals surface area contributed by atoms with Crippen LogP contribution in [0.4, 0.5) is 0 Å². The summed E-state index contributed by atoms with van der Waals surface area (Å²) in [4.78, 5) is 0. The third kappa shape index (κ3) is 4.94. The number of hydrogen-bond donors (Lipinski definition) is 1. The lowest BCUT2D eigenvalue weighted by molar-refractivity contribution is 0.509. The highest BCUT2D eigenvalue weighted by atomic mass is 35.5. The Morgan fingerprint density at radius 3 is 2.31 bits per heavy atom. The minimum Gasteiger partial charge on any atom is -0.310 e. The zero-order chi connectivity index (χ0) is 10.3. The summed E-state index contributed by atoms with van der Waals surface area (Å²) in [5.74, 6) is 0. The Hall–Kier alpha value is 0.340. The molecule has 0 bridgehead atoms. The van der Waals surface area contributed by atoms with Gasteiger partial charge in [0.15, 0.2) is 0 Å². The van der Waals surface area contributed by atoms with Crippen LogP contribution in [0.15, 0.2) is 11.6 Å². The van der Waals surface area contributed by atoms with Crippen molar-refractivity contribution < 1.29 is 0 Å². The second kappa shape index (κ2) is 6.74. The molecular weight excluding hydrogens is 202 g/mol. The lowest BCUT2D eigenvalue weighted by Crippen LogP contribution is -2.37. The molecule has 0 amide bonds. The largest absolute Gasteiger partial charge is 0.310 e. The van der Waals surface area contributed by atoms with Gasteiger partial charge in [0.2, 0.25) is 0 Å². The van der Waals surface area contributed by atoms with Crippen LogP contribution in [0.5, 0.6) is 0 Å². The van der Waals surface area contributed by atoms with E-state index in [0.717, 1.165) is 6.54 Å². The second-order valence-corrected chi connectivity index (χ2v) is 5.02. The monoisotopic (exact) mass is 221 g/mol. The first-order valence-corrected chi connectivity index (χ1v) is 6.29. The lowest BCUT2D eigenvalue weighted by Gasteiger charge is -2.29. The molecule has 0 aromatic carbocycles. The quantitative estimate of drug-likeness (QED) is 0.709. The topological polar surface area (TPSA) is 12.0 Å². The molecule has 0 heterocycles. The molecule has 1 N–H and O–H groups in total. The number of halogens is 1. The number of rotatable bonds is 7. The number of hydrogen-bond acceptors (Lipinski definition) is 2. The van der Waals surface area contributed by atoms with Crippen LogP contribution in [0.1, 0.15) is 26.7 Å².